The monoisotopic (exact) mass is 245 g/mol. The number of nitrogens with one attached hydrogen (secondary N) is 1. The van der Waals surface area contributed by atoms with Gasteiger partial charge in [-0.1, -0.05) is 18.2 Å². The summed E-state index contributed by atoms with van der Waals surface area (Å²) in [6.07, 6.45) is 3.66. The van der Waals surface area contributed by atoms with Crippen molar-refractivity contribution in [3.8, 4) is 0 Å². The molecule has 0 saturated heterocycles. The molecule has 4 nitrogen and oxygen atoms in total. The van der Waals surface area contributed by atoms with E-state index in [9.17, 15) is 9.90 Å². The predicted octanol–water partition coefficient (Wildman–Crippen LogP) is 1.36. The van der Waals surface area contributed by atoms with Crippen LogP contribution >= 0.6 is 0 Å². The number of carboxylic acid groups (broad SMARTS) is 1. The second kappa shape index (κ2) is 6.19. The van der Waals surface area contributed by atoms with Gasteiger partial charge in [0, 0.05) is 24.6 Å². The Balaban J connectivity index is 1.95. The molecule has 96 valence electrons. The van der Waals surface area contributed by atoms with Gasteiger partial charge in [-0.05, 0) is 37.3 Å². The van der Waals surface area contributed by atoms with Crippen molar-refractivity contribution in [3.05, 3.63) is 29.8 Å². The summed E-state index contributed by atoms with van der Waals surface area (Å²) in [4.78, 5) is 14.7. The molecule has 1 N–H and O–H groups in total. The number of carbonyl (C=O) groups is 1. The number of aliphatic imine (C=N–C) groups is 1. The maximum atomic E-state index is 10.3. The summed E-state index contributed by atoms with van der Waals surface area (Å²) in [6.45, 7) is 0.540. The Kier molecular flexibility index (Phi) is 4.34. The molecular weight excluding hydrogens is 228 g/mol. The van der Waals surface area contributed by atoms with Crippen LogP contribution in [0.25, 0.3) is 0 Å². The number of carbonyl (C=O) groups excluding carboxylic acids is 1. The van der Waals surface area contributed by atoms with E-state index in [1.807, 2.05) is 12.1 Å². The van der Waals surface area contributed by atoms with Crippen LogP contribution in [0.15, 0.2) is 29.3 Å². The van der Waals surface area contributed by atoms with Crippen LogP contribution in [0.2, 0.25) is 0 Å². The lowest BCUT2D eigenvalue weighted by Gasteiger charge is -2.08. The first kappa shape index (κ1) is 12.6. The number of anilines is 1. The van der Waals surface area contributed by atoms with Crippen molar-refractivity contribution >= 4 is 17.5 Å². The van der Waals surface area contributed by atoms with Crippen LogP contribution in [0, 0.1) is 0 Å². The van der Waals surface area contributed by atoms with E-state index >= 15 is 0 Å². The van der Waals surface area contributed by atoms with E-state index in [2.05, 4.69) is 22.4 Å². The van der Waals surface area contributed by atoms with Crippen LogP contribution in [0.4, 0.5) is 5.69 Å². The number of rotatable bonds is 4. The maximum Gasteiger partial charge on any atom is 0.101 e. The third kappa shape index (κ3) is 3.58. The van der Waals surface area contributed by atoms with Gasteiger partial charge in [0.05, 0.1) is 0 Å². The quantitative estimate of drug-likeness (QED) is 0.815. The SMILES string of the molecule is O=C([O-])CCCN=C1CCCc2ccccc2N1. The van der Waals surface area contributed by atoms with Gasteiger partial charge in [0.2, 0.25) is 0 Å². The van der Waals surface area contributed by atoms with Crippen LogP contribution in [0.1, 0.15) is 31.2 Å². The largest absolute Gasteiger partial charge is 0.550 e. The molecule has 1 heterocycles. The molecule has 0 fully saturated rings. The summed E-state index contributed by atoms with van der Waals surface area (Å²) >= 11 is 0. The first-order chi connectivity index (χ1) is 8.75. The standard InChI is InChI=1S/C14H18N2O2/c17-14(18)9-4-10-15-13-8-3-6-11-5-1-2-7-12(11)16-13/h1-2,5,7H,3-4,6,8-10H2,(H,15,16)(H,17,18)/p-1. The fourth-order valence-corrected chi connectivity index (χ4v) is 2.08. The lowest BCUT2D eigenvalue weighted by Crippen LogP contribution is -2.22. The Hall–Kier alpha value is -1.84. The van der Waals surface area contributed by atoms with Gasteiger partial charge in [0.25, 0.3) is 0 Å². The second-order valence-electron chi connectivity index (χ2n) is 4.44. The zero-order chi connectivity index (χ0) is 12.8. The van der Waals surface area contributed by atoms with E-state index in [0.717, 1.165) is 30.8 Å². The van der Waals surface area contributed by atoms with Crippen LogP contribution in [-0.4, -0.2) is 18.3 Å². The smallest absolute Gasteiger partial charge is 0.101 e. The number of hydrogen-bond donors (Lipinski definition) is 1. The highest BCUT2D eigenvalue weighted by atomic mass is 16.4. The molecule has 1 aliphatic heterocycles. The topological polar surface area (TPSA) is 64.5 Å². The van der Waals surface area contributed by atoms with Crippen LogP contribution < -0.4 is 10.4 Å². The molecule has 0 aromatic heterocycles. The molecule has 0 unspecified atom stereocenters. The van der Waals surface area contributed by atoms with Gasteiger partial charge in [0.1, 0.15) is 5.84 Å². The number of hydrogen-bond acceptors (Lipinski definition) is 3. The van der Waals surface area contributed by atoms with Crippen molar-refractivity contribution in [2.24, 2.45) is 4.99 Å². The van der Waals surface area contributed by atoms with Crippen molar-refractivity contribution in [3.63, 3.8) is 0 Å². The molecular formula is C14H17N2O2-. The molecule has 4 heteroatoms. The van der Waals surface area contributed by atoms with Gasteiger partial charge in [-0.25, -0.2) is 0 Å². The molecule has 0 spiro atoms. The number of amidine groups is 1. The van der Waals surface area contributed by atoms with Crippen molar-refractivity contribution < 1.29 is 9.90 Å². The van der Waals surface area contributed by atoms with Gasteiger partial charge < -0.3 is 15.2 Å². The minimum Gasteiger partial charge on any atom is -0.550 e. The Morgan fingerprint density at radius 3 is 3.00 bits per heavy atom. The fraction of sp³-hybridized carbons (Fsp3) is 0.429. The van der Waals surface area contributed by atoms with E-state index < -0.39 is 5.97 Å². The molecule has 0 atom stereocenters. The summed E-state index contributed by atoms with van der Waals surface area (Å²) in [5.41, 5.74) is 2.44. The van der Waals surface area contributed by atoms with Gasteiger partial charge in [-0.2, -0.15) is 0 Å². The summed E-state index contributed by atoms with van der Waals surface area (Å²) in [6, 6.07) is 8.23. The number of nitrogens with zero attached hydrogens (tertiary/aromatic N) is 1. The Morgan fingerprint density at radius 2 is 2.17 bits per heavy atom. The fourth-order valence-electron chi connectivity index (χ4n) is 2.08. The number of para-hydroxylation sites is 1. The molecule has 0 bridgehead atoms. The third-order valence-electron chi connectivity index (χ3n) is 3.00. The van der Waals surface area contributed by atoms with Crippen molar-refractivity contribution in [1.29, 1.82) is 0 Å². The van der Waals surface area contributed by atoms with Gasteiger partial charge >= 0.3 is 0 Å². The minimum absolute atomic E-state index is 0.0768. The van der Waals surface area contributed by atoms with Crippen LogP contribution in [0.3, 0.4) is 0 Å². The lowest BCUT2D eigenvalue weighted by molar-refractivity contribution is -0.305. The van der Waals surface area contributed by atoms with Gasteiger partial charge in [-0.15, -0.1) is 0 Å². The Bertz CT molecular complexity index is 455. The van der Waals surface area contributed by atoms with Crippen molar-refractivity contribution in [2.75, 3.05) is 11.9 Å². The zero-order valence-electron chi connectivity index (χ0n) is 10.3. The second-order valence-corrected chi connectivity index (χ2v) is 4.44. The van der Waals surface area contributed by atoms with E-state index in [0.29, 0.717) is 13.0 Å². The number of fused-ring (bicyclic) bond motifs is 1. The molecule has 18 heavy (non-hydrogen) atoms. The molecule has 0 radical (unpaired) electrons. The third-order valence-corrected chi connectivity index (χ3v) is 3.00. The van der Waals surface area contributed by atoms with E-state index in [-0.39, 0.29) is 6.42 Å². The van der Waals surface area contributed by atoms with Crippen molar-refractivity contribution in [1.82, 2.24) is 0 Å². The molecule has 0 aliphatic carbocycles. The van der Waals surface area contributed by atoms with Gasteiger partial charge in [-0.3, -0.25) is 4.99 Å². The number of benzene rings is 1. The number of carboxylic acids is 1. The molecule has 2 rings (SSSR count). The normalized spacial score (nSPS) is 16.8. The molecule has 0 amide bonds. The first-order valence-electron chi connectivity index (χ1n) is 6.34. The highest BCUT2D eigenvalue weighted by Gasteiger charge is 2.10. The first-order valence-corrected chi connectivity index (χ1v) is 6.34. The summed E-state index contributed by atoms with van der Waals surface area (Å²) in [5.74, 6) is -0.0485. The lowest BCUT2D eigenvalue weighted by atomic mass is 10.1. The maximum absolute atomic E-state index is 10.3. The summed E-state index contributed by atoms with van der Waals surface area (Å²) in [7, 11) is 0. The molecule has 1 aliphatic rings. The average Bonchev–Trinajstić information content (AvgIpc) is 2.56. The predicted molar refractivity (Wildman–Crippen MR) is 69.5 cm³/mol. The Morgan fingerprint density at radius 1 is 1.33 bits per heavy atom. The molecule has 1 aromatic carbocycles. The molecule has 1 aromatic rings. The highest BCUT2D eigenvalue weighted by molar-refractivity contribution is 5.96. The van der Waals surface area contributed by atoms with E-state index in [4.69, 9.17) is 0 Å². The van der Waals surface area contributed by atoms with E-state index in [1.165, 1.54) is 5.56 Å². The highest BCUT2D eigenvalue weighted by Crippen LogP contribution is 2.21. The Labute approximate surface area is 107 Å². The summed E-state index contributed by atoms with van der Waals surface area (Å²) < 4.78 is 0. The van der Waals surface area contributed by atoms with Gasteiger partial charge in [0.15, 0.2) is 0 Å². The minimum atomic E-state index is -1.01. The molecule has 0 saturated carbocycles. The number of aryl methyl sites for hydroxylation is 1. The van der Waals surface area contributed by atoms with Crippen LogP contribution in [-0.2, 0) is 11.2 Å². The summed E-state index contributed by atoms with van der Waals surface area (Å²) in [5, 5.41) is 13.6. The van der Waals surface area contributed by atoms with Crippen LogP contribution in [0.5, 0.6) is 0 Å². The average molecular weight is 245 g/mol. The zero-order valence-corrected chi connectivity index (χ0v) is 10.3. The number of aliphatic carboxylic acids is 1. The van der Waals surface area contributed by atoms with E-state index in [1.54, 1.807) is 0 Å². The van der Waals surface area contributed by atoms with Crippen molar-refractivity contribution in [2.45, 2.75) is 32.1 Å².